The molecule has 0 aliphatic heterocycles. The minimum absolute atomic E-state index is 0.197. The molecule has 0 aliphatic carbocycles. The molecule has 3 aromatic rings. The highest BCUT2D eigenvalue weighted by Gasteiger charge is 2.09. The molecule has 0 saturated heterocycles. The minimum atomic E-state index is -0.197. The lowest BCUT2D eigenvalue weighted by atomic mass is 10.2. The van der Waals surface area contributed by atoms with Gasteiger partial charge in [-0.2, -0.15) is 0 Å². The number of carbonyl (C=O) groups is 1. The fourth-order valence-electron chi connectivity index (χ4n) is 1.87. The van der Waals surface area contributed by atoms with Crippen LogP contribution in [0.3, 0.4) is 0 Å². The number of carbonyl (C=O) groups excluding carboxylic acids is 1. The number of nitrogen functional groups attached to an aromatic ring is 1. The summed E-state index contributed by atoms with van der Waals surface area (Å²) in [7, 11) is 0. The summed E-state index contributed by atoms with van der Waals surface area (Å²) < 4.78 is 4.69. The number of aromatic nitrogens is 2. The van der Waals surface area contributed by atoms with E-state index in [0.29, 0.717) is 23.6 Å². The lowest BCUT2D eigenvalue weighted by Gasteiger charge is -1.99. The van der Waals surface area contributed by atoms with E-state index in [1.165, 1.54) is 6.26 Å². The van der Waals surface area contributed by atoms with Crippen molar-refractivity contribution in [3.63, 3.8) is 0 Å². The van der Waals surface area contributed by atoms with Gasteiger partial charge in [0.2, 0.25) is 0 Å². The van der Waals surface area contributed by atoms with Gasteiger partial charge in [-0.05, 0) is 24.3 Å². The van der Waals surface area contributed by atoms with Gasteiger partial charge in [0.1, 0.15) is 17.7 Å². The number of anilines is 1. The summed E-state index contributed by atoms with van der Waals surface area (Å²) in [5.41, 5.74) is 8.41. The molecule has 0 spiro atoms. The van der Waals surface area contributed by atoms with E-state index in [1.807, 2.05) is 12.1 Å². The molecule has 0 fully saturated rings. The van der Waals surface area contributed by atoms with Gasteiger partial charge in [0.15, 0.2) is 0 Å². The Morgan fingerprint density at radius 3 is 3.05 bits per heavy atom. The maximum absolute atomic E-state index is 12.0. The third-order valence-corrected chi connectivity index (χ3v) is 2.81. The predicted octanol–water partition coefficient (Wildman–Crippen LogP) is 1.67. The second-order valence-electron chi connectivity index (χ2n) is 4.20. The molecule has 0 atom stereocenters. The fourth-order valence-corrected chi connectivity index (χ4v) is 1.87. The Kier molecular flexibility index (Phi) is 2.68. The molecule has 3 rings (SSSR count). The van der Waals surface area contributed by atoms with E-state index < -0.39 is 0 Å². The smallest absolute Gasteiger partial charge is 0.268 e. The topological polar surface area (TPSA) is 96.9 Å². The molecule has 1 aromatic carbocycles. The van der Waals surface area contributed by atoms with Crippen molar-refractivity contribution in [2.24, 2.45) is 0 Å². The molecule has 1 amide bonds. The molecule has 0 aliphatic rings. The summed E-state index contributed by atoms with van der Waals surface area (Å²) in [6, 6.07) is 8.92. The third-order valence-electron chi connectivity index (χ3n) is 2.81. The van der Waals surface area contributed by atoms with Gasteiger partial charge in [-0.15, -0.1) is 0 Å². The highest BCUT2D eigenvalue weighted by Crippen LogP contribution is 2.18. The van der Waals surface area contributed by atoms with Crippen molar-refractivity contribution in [1.29, 1.82) is 0 Å². The van der Waals surface area contributed by atoms with E-state index in [4.69, 9.17) is 10.3 Å². The Balaban J connectivity index is 1.77. The highest BCUT2D eigenvalue weighted by atomic mass is 16.5. The molecule has 0 radical (unpaired) electrons. The first kappa shape index (κ1) is 11.3. The van der Waals surface area contributed by atoms with Crippen LogP contribution >= 0.6 is 0 Å². The average molecular weight is 256 g/mol. The first-order valence-corrected chi connectivity index (χ1v) is 5.78. The zero-order chi connectivity index (χ0) is 13.2. The number of benzene rings is 1. The number of nitrogens with two attached hydrogens (primary N) is 1. The van der Waals surface area contributed by atoms with Crippen LogP contribution in [0, 0.1) is 0 Å². The van der Waals surface area contributed by atoms with Crippen LogP contribution < -0.4 is 11.1 Å². The molecule has 0 unspecified atom stereocenters. The Bertz CT molecular complexity index is 715. The number of amides is 1. The van der Waals surface area contributed by atoms with Crippen molar-refractivity contribution < 1.29 is 9.32 Å². The monoisotopic (exact) mass is 256 g/mol. The summed E-state index contributed by atoms with van der Waals surface area (Å²) in [6.07, 6.45) is 1.47. The standard InChI is InChI=1S/C13H12N4O2/c14-9-1-2-11-8(5-9)6-12(16-11)13(18)15-7-10-3-4-19-17-10/h1-6,16H,7,14H2,(H,15,18). The number of nitrogens with one attached hydrogen (secondary N) is 2. The molecular weight excluding hydrogens is 244 g/mol. The van der Waals surface area contributed by atoms with Crippen molar-refractivity contribution in [3.05, 3.63) is 48.0 Å². The van der Waals surface area contributed by atoms with Crippen LogP contribution in [0.25, 0.3) is 10.9 Å². The van der Waals surface area contributed by atoms with E-state index in [-0.39, 0.29) is 5.91 Å². The second kappa shape index (κ2) is 4.49. The molecule has 2 aromatic heterocycles. The van der Waals surface area contributed by atoms with Gasteiger partial charge in [0, 0.05) is 22.7 Å². The molecule has 4 N–H and O–H groups in total. The van der Waals surface area contributed by atoms with Gasteiger partial charge in [0.05, 0.1) is 6.54 Å². The maximum Gasteiger partial charge on any atom is 0.268 e. The van der Waals surface area contributed by atoms with Crippen molar-refractivity contribution >= 4 is 22.5 Å². The summed E-state index contributed by atoms with van der Waals surface area (Å²) in [6.45, 7) is 0.326. The normalized spacial score (nSPS) is 10.7. The number of hydrogen-bond donors (Lipinski definition) is 3. The maximum atomic E-state index is 12.0. The average Bonchev–Trinajstić information content (AvgIpc) is 3.04. The third kappa shape index (κ3) is 2.28. The Morgan fingerprint density at radius 1 is 1.37 bits per heavy atom. The summed E-state index contributed by atoms with van der Waals surface area (Å²) in [5, 5.41) is 7.38. The summed E-state index contributed by atoms with van der Waals surface area (Å²) >= 11 is 0. The van der Waals surface area contributed by atoms with Gasteiger partial charge in [-0.3, -0.25) is 4.79 Å². The van der Waals surface area contributed by atoms with E-state index >= 15 is 0 Å². The fraction of sp³-hybridized carbons (Fsp3) is 0.0769. The van der Waals surface area contributed by atoms with Crippen molar-refractivity contribution in [2.75, 3.05) is 5.73 Å². The van der Waals surface area contributed by atoms with Gasteiger partial charge >= 0.3 is 0 Å². The lowest BCUT2D eigenvalue weighted by Crippen LogP contribution is -2.23. The summed E-state index contributed by atoms with van der Waals surface area (Å²) in [5.74, 6) is -0.197. The van der Waals surface area contributed by atoms with Crippen LogP contribution in [0.5, 0.6) is 0 Å². The van der Waals surface area contributed by atoms with Crippen LogP contribution in [-0.4, -0.2) is 16.0 Å². The van der Waals surface area contributed by atoms with Crippen LogP contribution in [-0.2, 0) is 6.54 Å². The quantitative estimate of drug-likeness (QED) is 0.621. The molecule has 6 nitrogen and oxygen atoms in total. The number of rotatable bonds is 3. The zero-order valence-electron chi connectivity index (χ0n) is 10.0. The number of nitrogens with zero attached hydrogens (tertiary/aromatic N) is 1. The van der Waals surface area contributed by atoms with Gasteiger partial charge in [0.25, 0.3) is 5.91 Å². The number of hydrogen-bond acceptors (Lipinski definition) is 4. The molecule has 0 bridgehead atoms. The molecule has 0 saturated carbocycles. The van der Waals surface area contributed by atoms with Gasteiger partial charge < -0.3 is 20.6 Å². The second-order valence-corrected chi connectivity index (χ2v) is 4.20. The SMILES string of the molecule is Nc1ccc2[nH]c(C(=O)NCc3ccon3)cc2c1. The van der Waals surface area contributed by atoms with E-state index in [0.717, 1.165) is 10.9 Å². The van der Waals surface area contributed by atoms with Crippen molar-refractivity contribution in [3.8, 4) is 0 Å². The van der Waals surface area contributed by atoms with E-state index in [1.54, 1.807) is 18.2 Å². The Hall–Kier alpha value is -2.76. The molecule has 6 heteroatoms. The van der Waals surface area contributed by atoms with Crippen LogP contribution in [0.15, 0.2) is 41.1 Å². The number of aromatic amines is 1. The number of fused-ring (bicyclic) bond motifs is 1. The van der Waals surface area contributed by atoms with Gasteiger partial charge in [-0.25, -0.2) is 0 Å². The first-order chi connectivity index (χ1) is 9.22. The molecule has 2 heterocycles. The van der Waals surface area contributed by atoms with E-state index in [9.17, 15) is 4.79 Å². The predicted molar refractivity (Wildman–Crippen MR) is 70.4 cm³/mol. The molecule has 96 valence electrons. The molecular formula is C13H12N4O2. The highest BCUT2D eigenvalue weighted by molar-refractivity contribution is 5.98. The Labute approximate surface area is 108 Å². The summed E-state index contributed by atoms with van der Waals surface area (Å²) in [4.78, 5) is 15.0. The Morgan fingerprint density at radius 2 is 2.26 bits per heavy atom. The van der Waals surface area contributed by atoms with Crippen LogP contribution in [0.4, 0.5) is 5.69 Å². The lowest BCUT2D eigenvalue weighted by molar-refractivity contribution is 0.0946. The van der Waals surface area contributed by atoms with Gasteiger partial charge in [-0.1, -0.05) is 5.16 Å². The molecule has 19 heavy (non-hydrogen) atoms. The van der Waals surface area contributed by atoms with Crippen molar-refractivity contribution in [2.45, 2.75) is 6.54 Å². The zero-order valence-corrected chi connectivity index (χ0v) is 10.0. The largest absolute Gasteiger partial charge is 0.399 e. The van der Waals surface area contributed by atoms with Crippen molar-refractivity contribution in [1.82, 2.24) is 15.5 Å². The van der Waals surface area contributed by atoms with Crippen LogP contribution in [0.1, 0.15) is 16.2 Å². The van der Waals surface area contributed by atoms with E-state index in [2.05, 4.69) is 15.5 Å². The van der Waals surface area contributed by atoms with Crippen LogP contribution in [0.2, 0.25) is 0 Å². The number of H-pyrrole nitrogens is 1. The first-order valence-electron chi connectivity index (χ1n) is 5.78. The minimum Gasteiger partial charge on any atom is -0.399 e.